The average molecular weight is 507 g/mol. The van der Waals surface area contributed by atoms with Gasteiger partial charge in [0, 0.05) is 10.2 Å². The van der Waals surface area contributed by atoms with Crippen LogP contribution < -0.4 is 15.1 Å². The summed E-state index contributed by atoms with van der Waals surface area (Å²) in [5.41, 5.74) is 1.57. The number of phenols is 1. The van der Waals surface area contributed by atoms with Crippen molar-refractivity contribution in [3.63, 3.8) is 0 Å². The molecule has 0 aliphatic carbocycles. The van der Waals surface area contributed by atoms with Gasteiger partial charge >= 0.3 is 0 Å². The fourth-order valence-electron chi connectivity index (χ4n) is 4.13. The van der Waals surface area contributed by atoms with Crippen LogP contribution in [0.1, 0.15) is 40.3 Å². The normalized spacial score (nSPS) is 15.2. The van der Waals surface area contributed by atoms with Gasteiger partial charge in [-0.3, -0.25) is 14.5 Å². The van der Waals surface area contributed by atoms with E-state index in [1.54, 1.807) is 42.5 Å². The Morgan fingerprint density at radius 3 is 2.73 bits per heavy atom. The van der Waals surface area contributed by atoms with Gasteiger partial charge in [0.05, 0.1) is 23.6 Å². The number of aromatic hydroxyl groups is 1. The van der Waals surface area contributed by atoms with Crippen molar-refractivity contribution in [2.24, 2.45) is 0 Å². The first kappa shape index (κ1) is 21.2. The number of halogens is 1. The summed E-state index contributed by atoms with van der Waals surface area (Å²) >= 11 is 3.40. The Morgan fingerprint density at radius 1 is 1.15 bits per heavy atom. The molecule has 0 bridgehead atoms. The van der Waals surface area contributed by atoms with Gasteiger partial charge in [-0.2, -0.15) is 0 Å². The summed E-state index contributed by atoms with van der Waals surface area (Å²) in [5, 5.41) is 10.6. The zero-order chi connectivity index (χ0) is 23.3. The monoisotopic (exact) mass is 506 g/mol. The van der Waals surface area contributed by atoms with Crippen LogP contribution in [0.4, 0.5) is 5.82 Å². The molecule has 2 aromatic heterocycles. The zero-order valence-corrected chi connectivity index (χ0v) is 19.4. The van der Waals surface area contributed by atoms with Gasteiger partial charge in [0.2, 0.25) is 5.76 Å². The van der Waals surface area contributed by atoms with E-state index in [-0.39, 0.29) is 28.3 Å². The van der Waals surface area contributed by atoms with E-state index >= 15 is 0 Å². The molecule has 1 aliphatic heterocycles. The fraction of sp³-hybridized carbons (Fsp3) is 0.160. The highest BCUT2D eigenvalue weighted by atomic mass is 79.9. The highest BCUT2D eigenvalue weighted by Gasteiger charge is 2.44. The lowest BCUT2D eigenvalue weighted by Crippen LogP contribution is -2.30. The number of ether oxygens (including phenoxy) is 1. The molecule has 7 nitrogen and oxygen atoms in total. The second-order valence-electron chi connectivity index (χ2n) is 7.69. The number of benzene rings is 2. The minimum Gasteiger partial charge on any atom is -0.504 e. The van der Waals surface area contributed by atoms with E-state index in [2.05, 4.69) is 20.9 Å². The first-order valence-electron chi connectivity index (χ1n) is 10.4. The summed E-state index contributed by atoms with van der Waals surface area (Å²) in [5.74, 6) is 0.156. The van der Waals surface area contributed by atoms with E-state index in [0.717, 1.165) is 10.2 Å². The van der Waals surface area contributed by atoms with E-state index in [4.69, 9.17) is 9.15 Å². The molecule has 0 spiro atoms. The Labute approximate surface area is 197 Å². The molecule has 3 heterocycles. The van der Waals surface area contributed by atoms with Gasteiger partial charge in [-0.15, -0.1) is 0 Å². The third-order valence-corrected chi connectivity index (χ3v) is 6.05. The maximum Gasteiger partial charge on any atom is 0.296 e. The minimum atomic E-state index is -0.804. The molecule has 33 heavy (non-hydrogen) atoms. The Balaban J connectivity index is 1.81. The van der Waals surface area contributed by atoms with Crippen molar-refractivity contribution in [2.75, 3.05) is 11.5 Å². The van der Waals surface area contributed by atoms with Gasteiger partial charge in [-0.05, 0) is 61.9 Å². The summed E-state index contributed by atoms with van der Waals surface area (Å²) in [6.07, 6.45) is 0. The van der Waals surface area contributed by atoms with Gasteiger partial charge in [0.25, 0.3) is 5.91 Å². The summed E-state index contributed by atoms with van der Waals surface area (Å²) in [6, 6.07) is 14.4. The predicted molar refractivity (Wildman–Crippen MR) is 127 cm³/mol. The largest absolute Gasteiger partial charge is 0.504 e. The van der Waals surface area contributed by atoms with Crippen LogP contribution in [-0.4, -0.2) is 22.6 Å². The van der Waals surface area contributed by atoms with Crippen molar-refractivity contribution in [3.8, 4) is 11.5 Å². The number of phenolic OH excluding ortho intramolecular Hbond substituents is 1. The lowest BCUT2D eigenvalue weighted by molar-refractivity contribution is 0.0970. The molecule has 1 amide bonds. The zero-order valence-electron chi connectivity index (χ0n) is 17.8. The quantitative estimate of drug-likeness (QED) is 0.413. The number of fused-ring (bicyclic) bond motifs is 2. The second kappa shape index (κ2) is 8.04. The molecule has 8 heteroatoms. The number of carbonyl (C=O) groups is 1. The van der Waals surface area contributed by atoms with Crippen molar-refractivity contribution < 1.29 is 19.1 Å². The Bertz CT molecular complexity index is 1480. The third-order valence-electron chi connectivity index (χ3n) is 5.55. The minimum absolute atomic E-state index is 0.0193. The molecule has 0 radical (unpaired) electrons. The molecule has 166 valence electrons. The van der Waals surface area contributed by atoms with Gasteiger partial charge in [-0.25, -0.2) is 4.98 Å². The number of aromatic nitrogens is 1. The maximum atomic E-state index is 13.7. The van der Waals surface area contributed by atoms with Crippen LogP contribution in [0.25, 0.3) is 11.0 Å². The first-order chi connectivity index (χ1) is 15.9. The van der Waals surface area contributed by atoms with Gasteiger partial charge < -0.3 is 14.3 Å². The molecule has 1 aliphatic rings. The van der Waals surface area contributed by atoms with Crippen molar-refractivity contribution in [1.82, 2.24) is 4.98 Å². The van der Waals surface area contributed by atoms with Gasteiger partial charge in [-0.1, -0.05) is 28.1 Å². The predicted octanol–water partition coefficient (Wildman–Crippen LogP) is 5.11. The highest BCUT2D eigenvalue weighted by Crippen LogP contribution is 2.42. The third kappa shape index (κ3) is 3.47. The van der Waals surface area contributed by atoms with Crippen molar-refractivity contribution in [3.05, 3.63) is 91.9 Å². The summed E-state index contributed by atoms with van der Waals surface area (Å²) < 4.78 is 12.2. The van der Waals surface area contributed by atoms with E-state index in [9.17, 15) is 14.7 Å². The summed E-state index contributed by atoms with van der Waals surface area (Å²) in [4.78, 5) is 33.2. The number of pyridine rings is 1. The molecule has 0 fully saturated rings. The van der Waals surface area contributed by atoms with Crippen LogP contribution in [0.3, 0.4) is 0 Å². The highest BCUT2D eigenvalue weighted by molar-refractivity contribution is 9.10. The topological polar surface area (TPSA) is 92.9 Å². The average Bonchev–Trinajstić information content (AvgIpc) is 3.08. The summed E-state index contributed by atoms with van der Waals surface area (Å²) in [7, 11) is 0. The Morgan fingerprint density at radius 2 is 1.97 bits per heavy atom. The lowest BCUT2D eigenvalue weighted by atomic mass is 9.98. The number of amides is 1. The number of rotatable bonds is 4. The number of anilines is 1. The summed E-state index contributed by atoms with van der Waals surface area (Å²) in [6.45, 7) is 3.98. The number of hydrogen-bond donors (Lipinski definition) is 1. The molecule has 1 N–H and O–H groups in total. The Hall–Kier alpha value is -3.65. The number of aryl methyl sites for hydroxylation is 1. The van der Waals surface area contributed by atoms with Gasteiger partial charge in [0.15, 0.2) is 16.9 Å². The van der Waals surface area contributed by atoms with Crippen LogP contribution in [0.5, 0.6) is 11.5 Å². The van der Waals surface area contributed by atoms with Crippen LogP contribution >= 0.6 is 15.9 Å². The van der Waals surface area contributed by atoms with E-state index in [0.29, 0.717) is 29.0 Å². The molecule has 0 saturated heterocycles. The van der Waals surface area contributed by atoms with Crippen LogP contribution in [-0.2, 0) is 0 Å². The molecule has 4 aromatic rings. The SMILES string of the molecule is CCOc1cc(C2c3c(oc4ccc(Br)cc4c3=O)C(=O)N2c2cccc(C)n2)ccc1O. The van der Waals surface area contributed by atoms with Crippen LogP contribution in [0.15, 0.2) is 68.3 Å². The van der Waals surface area contributed by atoms with E-state index in [1.165, 1.54) is 11.0 Å². The van der Waals surface area contributed by atoms with Crippen molar-refractivity contribution >= 4 is 38.6 Å². The van der Waals surface area contributed by atoms with E-state index < -0.39 is 11.9 Å². The first-order valence-corrected chi connectivity index (χ1v) is 11.2. The van der Waals surface area contributed by atoms with Gasteiger partial charge in [0.1, 0.15) is 11.4 Å². The smallest absolute Gasteiger partial charge is 0.296 e. The van der Waals surface area contributed by atoms with Crippen LogP contribution in [0.2, 0.25) is 0 Å². The second-order valence-corrected chi connectivity index (χ2v) is 8.61. The molecule has 2 aromatic carbocycles. The molecular formula is C25H19BrN2O5. The number of carbonyl (C=O) groups excluding carboxylic acids is 1. The molecule has 0 saturated carbocycles. The standard InChI is InChI=1S/C25H19BrN2O5/c1-3-32-19-11-14(7-9-17(19)29)22-21-23(30)16-12-15(26)8-10-18(16)33-24(21)25(31)28(22)20-6-4-5-13(2)27-20/h4-12,22,29H,3H2,1-2H3. The Kier molecular flexibility index (Phi) is 5.17. The molecule has 5 rings (SSSR count). The maximum absolute atomic E-state index is 13.7. The van der Waals surface area contributed by atoms with Crippen molar-refractivity contribution in [1.29, 1.82) is 0 Å². The number of nitrogens with zero attached hydrogens (tertiary/aromatic N) is 2. The number of hydrogen-bond acceptors (Lipinski definition) is 6. The fourth-order valence-corrected chi connectivity index (χ4v) is 4.49. The molecule has 1 atom stereocenters. The van der Waals surface area contributed by atoms with Crippen LogP contribution in [0, 0.1) is 6.92 Å². The lowest BCUT2D eigenvalue weighted by Gasteiger charge is -2.25. The molecular weight excluding hydrogens is 488 g/mol. The molecule has 1 unspecified atom stereocenters. The van der Waals surface area contributed by atoms with E-state index in [1.807, 2.05) is 19.9 Å². The van der Waals surface area contributed by atoms with Crippen molar-refractivity contribution in [2.45, 2.75) is 19.9 Å².